The van der Waals surface area contributed by atoms with Crippen molar-refractivity contribution in [3.63, 3.8) is 0 Å². The predicted octanol–water partition coefficient (Wildman–Crippen LogP) is 3.00. The lowest BCUT2D eigenvalue weighted by atomic mass is 10.1. The number of benzene rings is 1. The van der Waals surface area contributed by atoms with Crippen molar-refractivity contribution in [1.82, 2.24) is 19.9 Å². The molecule has 1 aromatic carbocycles. The minimum atomic E-state index is -0.401. The minimum absolute atomic E-state index is 0.223. The number of rotatable bonds is 4. The highest BCUT2D eigenvalue weighted by atomic mass is 16.2. The average molecular weight is 376 g/mol. The summed E-state index contributed by atoms with van der Waals surface area (Å²) in [4.78, 5) is 41.8. The maximum absolute atomic E-state index is 12.5. The molecule has 28 heavy (non-hydrogen) atoms. The van der Waals surface area contributed by atoms with E-state index in [-0.39, 0.29) is 11.9 Å². The molecule has 0 radical (unpaired) electrons. The highest BCUT2D eigenvalue weighted by Gasteiger charge is 2.13. The van der Waals surface area contributed by atoms with E-state index in [0.29, 0.717) is 11.1 Å². The normalized spacial score (nSPS) is 10.4. The number of carbonyl (C=O) groups excluding carboxylic acids is 2. The number of nitrogens with zero attached hydrogens (tertiary/aromatic N) is 4. The fourth-order valence-electron chi connectivity index (χ4n) is 2.71. The Bertz CT molecular complexity index is 943. The summed E-state index contributed by atoms with van der Waals surface area (Å²) in [6.45, 7) is 7.30. The molecule has 0 fully saturated rings. The molecule has 0 saturated carbocycles. The van der Waals surface area contributed by atoms with E-state index in [1.54, 1.807) is 18.2 Å². The molecule has 2 N–H and O–H groups in total. The van der Waals surface area contributed by atoms with E-state index in [1.807, 2.05) is 39.8 Å². The van der Waals surface area contributed by atoms with Gasteiger partial charge in [-0.15, -0.1) is 0 Å². The molecule has 142 valence electrons. The van der Waals surface area contributed by atoms with Crippen molar-refractivity contribution in [1.29, 1.82) is 0 Å². The van der Waals surface area contributed by atoms with E-state index in [0.717, 1.165) is 22.8 Å². The maximum Gasteiger partial charge on any atom is 0.258 e. The van der Waals surface area contributed by atoms with E-state index in [1.165, 1.54) is 6.07 Å². The molecule has 0 aliphatic rings. The summed E-state index contributed by atoms with van der Waals surface area (Å²) in [5.74, 6) is -0.355. The van der Waals surface area contributed by atoms with Crippen LogP contribution in [0.25, 0.3) is 0 Å². The Morgan fingerprint density at radius 2 is 1.00 bits per heavy atom. The Labute approximate surface area is 162 Å². The van der Waals surface area contributed by atoms with Gasteiger partial charge in [-0.3, -0.25) is 20.2 Å². The van der Waals surface area contributed by atoms with Gasteiger partial charge in [-0.2, -0.15) is 0 Å². The largest absolute Gasteiger partial charge is 0.290 e. The van der Waals surface area contributed by atoms with Gasteiger partial charge in [-0.25, -0.2) is 19.9 Å². The zero-order valence-corrected chi connectivity index (χ0v) is 16.1. The Kier molecular flexibility index (Phi) is 5.39. The highest BCUT2D eigenvalue weighted by molar-refractivity contribution is 6.07. The molecule has 0 aliphatic heterocycles. The second kappa shape index (κ2) is 7.91. The monoisotopic (exact) mass is 376 g/mol. The highest BCUT2D eigenvalue weighted by Crippen LogP contribution is 2.11. The summed E-state index contributed by atoms with van der Waals surface area (Å²) in [6.07, 6.45) is 0. The number of hydrogen-bond donors (Lipinski definition) is 2. The molecule has 0 saturated heterocycles. The number of amides is 2. The van der Waals surface area contributed by atoms with Crippen LogP contribution >= 0.6 is 0 Å². The number of hydrogen-bond acceptors (Lipinski definition) is 6. The van der Waals surface area contributed by atoms with Gasteiger partial charge in [0.25, 0.3) is 11.8 Å². The summed E-state index contributed by atoms with van der Waals surface area (Å²) in [5, 5.41) is 5.31. The summed E-state index contributed by atoms with van der Waals surface area (Å²) in [5.41, 5.74) is 3.65. The van der Waals surface area contributed by atoms with Crippen LogP contribution in [0, 0.1) is 27.7 Å². The van der Waals surface area contributed by atoms with Gasteiger partial charge in [-0.05, 0) is 58.0 Å². The van der Waals surface area contributed by atoms with Gasteiger partial charge >= 0.3 is 0 Å². The minimum Gasteiger partial charge on any atom is -0.290 e. The van der Waals surface area contributed by atoms with Crippen LogP contribution in [0.15, 0.2) is 36.4 Å². The third-order valence-corrected chi connectivity index (χ3v) is 3.80. The van der Waals surface area contributed by atoms with Gasteiger partial charge in [0.2, 0.25) is 11.9 Å². The van der Waals surface area contributed by atoms with Gasteiger partial charge < -0.3 is 0 Å². The number of aromatic nitrogens is 4. The average Bonchev–Trinajstić information content (AvgIpc) is 2.60. The standard InChI is InChI=1S/C20H20N6O2/c1-11-8-12(2)22-19(21-11)25-17(27)15-6-5-7-16(10-15)18(28)26-20-23-13(3)9-14(4)24-20/h5-10H,1-4H3,(H,21,22,25,27)(H,23,24,26,28). The molecule has 0 bridgehead atoms. The molecule has 3 rings (SSSR count). The first-order chi connectivity index (χ1) is 13.3. The van der Waals surface area contributed by atoms with E-state index in [4.69, 9.17) is 0 Å². The number of anilines is 2. The first-order valence-corrected chi connectivity index (χ1v) is 8.67. The second-order valence-electron chi connectivity index (χ2n) is 6.44. The van der Waals surface area contributed by atoms with E-state index in [9.17, 15) is 9.59 Å². The number of carbonyl (C=O) groups is 2. The Morgan fingerprint density at radius 1 is 0.643 bits per heavy atom. The summed E-state index contributed by atoms with van der Waals surface area (Å²) in [7, 11) is 0. The molecule has 8 nitrogen and oxygen atoms in total. The van der Waals surface area contributed by atoms with Crippen molar-refractivity contribution in [3.05, 3.63) is 70.3 Å². The van der Waals surface area contributed by atoms with Crippen molar-refractivity contribution >= 4 is 23.7 Å². The summed E-state index contributed by atoms with van der Waals surface area (Å²) in [6, 6.07) is 9.99. The molecule has 8 heteroatoms. The lowest BCUT2D eigenvalue weighted by molar-refractivity contribution is 0.102. The smallest absolute Gasteiger partial charge is 0.258 e. The molecule has 2 aromatic heterocycles. The van der Waals surface area contributed by atoms with Crippen molar-refractivity contribution < 1.29 is 9.59 Å². The molecule has 0 atom stereocenters. The molecule has 2 heterocycles. The van der Waals surface area contributed by atoms with Crippen LogP contribution in [0.3, 0.4) is 0 Å². The molecule has 0 aliphatic carbocycles. The van der Waals surface area contributed by atoms with Crippen LogP contribution in [0.5, 0.6) is 0 Å². The molecule has 2 amide bonds. The van der Waals surface area contributed by atoms with Crippen molar-refractivity contribution in [3.8, 4) is 0 Å². The van der Waals surface area contributed by atoms with E-state index < -0.39 is 11.8 Å². The fraction of sp³-hybridized carbons (Fsp3) is 0.200. The van der Waals surface area contributed by atoms with Crippen LogP contribution < -0.4 is 10.6 Å². The first kappa shape index (κ1) is 19.1. The third-order valence-electron chi connectivity index (χ3n) is 3.80. The topological polar surface area (TPSA) is 110 Å². The predicted molar refractivity (Wildman–Crippen MR) is 105 cm³/mol. The summed E-state index contributed by atoms with van der Waals surface area (Å²) >= 11 is 0. The van der Waals surface area contributed by atoms with Crippen LogP contribution in [0.2, 0.25) is 0 Å². The lowest BCUT2D eigenvalue weighted by Gasteiger charge is -2.08. The Morgan fingerprint density at radius 3 is 1.36 bits per heavy atom. The second-order valence-corrected chi connectivity index (χ2v) is 6.44. The molecular formula is C20H20N6O2. The maximum atomic E-state index is 12.5. The quantitative estimate of drug-likeness (QED) is 0.724. The van der Waals surface area contributed by atoms with Crippen LogP contribution in [0.1, 0.15) is 43.5 Å². The van der Waals surface area contributed by atoms with E-state index in [2.05, 4.69) is 30.6 Å². The third kappa shape index (κ3) is 4.73. The van der Waals surface area contributed by atoms with Gasteiger partial charge in [0, 0.05) is 33.9 Å². The molecule has 0 unspecified atom stereocenters. The van der Waals surface area contributed by atoms with Gasteiger partial charge in [0.15, 0.2) is 0 Å². The van der Waals surface area contributed by atoms with Crippen molar-refractivity contribution in [2.75, 3.05) is 10.6 Å². The Balaban J connectivity index is 1.77. The van der Waals surface area contributed by atoms with Crippen LogP contribution in [0.4, 0.5) is 11.9 Å². The SMILES string of the molecule is Cc1cc(C)nc(NC(=O)c2cccc(C(=O)Nc3nc(C)cc(C)n3)c2)n1. The Hall–Kier alpha value is -3.68. The first-order valence-electron chi connectivity index (χ1n) is 8.67. The van der Waals surface area contributed by atoms with Gasteiger partial charge in [0.1, 0.15) is 0 Å². The molecular weight excluding hydrogens is 356 g/mol. The van der Waals surface area contributed by atoms with Crippen LogP contribution in [-0.4, -0.2) is 31.8 Å². The zero-order valence-electron chi connectivity index (χ0n) is 16.1. The van der Waals surface area contributed by atoms with E-state index >= 15 is 0 Å². The number of aryl methyl sites for hydroxylation is 4. The van der Waals surface area contributed by atoms with Crippen molar-refractivity contribution in [2.24, 2.45) is 0 Å². The van der Waals surface area contributed by atoms with Gasteiger partial charge in [0.05, 0.1) is 0 Å². The molecule has 0 spiro atoms. The fourth-order valence-corrected chi connectivity index (χ4v) is 2.71. The molecule has 3 aromatic rings. The summed E-state index contributed by atoms with van der Waals surface area (Å²) < 4.78 is 0. The zero-order chi connectivity index (χ0) is 20.3. The number of nitrogens with one attached hydrogen (secondary N) is 2. The van der Waals surface area contributed by atoms with Crippen molar-refractivity contribution in [2.45, 2.75) is 27.7 Å². The van der Waals surface area contributed by atoms with Gasteiger partial charge in [-0.1, -0.05) is 6.07 Å². The lowest BCUT2D eigenvalue weighted by Crippen LogP contribution is -2.18. The van der Waals surface area contributed by atoms with Crippen LogP contribution in [-0.2, 0) is 0 Å².